The van der Waals surface area contributed by atoms with E-state index < -0.39 is 21.5 Å². The van der Waals surface area contributed by atoms with Gasteiger partial charge >= 0.3 is 5.97 Å². The molecule has 2 heterocycles. The fraction of sp³-hybridized carbons (Fsp3) is 0.636. The molecule has 1 aliphatic rings. The number of carbonyl (C=O) groups is 1. The van der Waals surface area contributed by atoms with Gasteiger partial charge in [0.05, 0.1) is 11.4 Å². The molecule has 1 fully saturated rings. The maximum atomic E-state index is 12.6. The number of aliphatic carboxylic acids is 1. The summed E-state index contributed by atoms with van der Waals surface area (Å²) in [5, 5.41) is 13.2. The highest BCUT2D eigenvalue weighted by molar-refractivity contribution is 7.89. The number of aromatic nitrogens is 2. The fourth-order valence-electron chi connectivity index (χ4n) is 2.43. The van der Waals surface area contributed by atoms with Crippen molar-refractivity contribution in [2.75, 3.05) is 13.1 Å². The van der Waals surface area contributed by atoms with Crippen LogP contribution in [0.1, 0.15) is 17.8 Å². The predicted molar refractivity (Wildman–Crippen MR) is 70.6 cm³/mol. The summed E-state index contributed by atoms with van der Waals surface area (Å²) < 4.78 is 27.9. The molecule has 1 atom stereocenters. The van der Waals surface area contributed by atoms with Crippen LogP contribution in [0.25, 0.3) is 0 Å². The second-order valence-corrected chi connectivity index (χ2v) is 7.05. The lowest BCUT2D eigenvalue weighted by atomic mass is 10.0. The first kappa shape index (κ1) is 14.9. The minimum atomic E-state index is -3.78. The van der Waals surface area contributed by atoms with Crippen LogP contribution in [0.4, 0.5) is 0 Å². The first-order valence-electron chi connectivity index (χ1n) is 6.12. The summed E-state index contributed by atoms with van der Waals surface area (Å²) in [5.74, 6) is -1.19. The van der Waals surface area contributed by atoms with Gasteiger partial charge in [-0.3, -0.25) is 9.48 Å². The summed E-state index contributed by atoms with van der Waals surface area (Å²) >= 11 is 0. The molecule has 1 saturated heterocycles. The third kappa shape index (κ3) is 2.11. The molecular weight excluding hydrogens is 284 g/mol. The quantitative estimate of drug-likeness (QED) is 0.755. The SMILES string of the molecule is Cc1nn(C)c(C)c1S(=O)(=O)N1CCC(N)(C(=O)O)C1. The average molecular weight is 302 g/mol. The number of nitrogens with two attached hydrogens (primary N) is 1. The second-order valence-electron chi connectivity index (χ2n) is 5.17. The number of aryl methyl sites for hydroxylation is 2. The number of carboxylic acid groups (broad SMARTS) is 1. The molecule has 0 amide bonds. The van der Waals surface area contributed by atoms with E-state index in [0.717, 1.165) is 4.31 Å². The van der Waals surface area contributed by atoms with E-state index in [-0.39, 0.29) is 24.4 Å². The van der Waals surface area contributed by atoms with Crippen LogP contribution in [0.2, 0.25) is 0 Å². The van der Waals surface area contributed by atoms with Gasteiger partial charge in [-0.2, -0.15) is 9.40 Å². The topological polar surface area (TPSA) is 119 Å². The standard InChI is InChI=1S/C11H18N4O4S/c1-7-9(8(2)14(3)13-7)20(18,19)15-5-4-11(12,6-15)10(16)17/h4-6,12H2,1-3H3,(H,16,17). The van der Waals surface area contributed by atoms with Gasteiger partial charge in [-0.05, 0) is 20.3 Å². The van der Waals surface area contributed by atoms with Gasteiger partial charge in [0, 0.05) is 20.1 Å². The minimum Gasteiger partial charge on any atom is -0.480 e. The third-order valence-corrected chi connectivity index (χ3v) is 5.83. The zero-order valence-corrected chi connectivity index (χ0v) is 12.4. The van der Waals surface area contributed by atoms with E-state index in [9.17, 15) is 13.2 Å². The van der Waals surface area contributed by atoms with Gasteiger partial charge < -0.3 is 10.8 Å². The van der Waals surface area contributed by atoms with Crippen LogP contribution in [0.3, 0.4) is 0 Å². The fourth-order valence-corrected chi connectivity index (χ4v) is 4.34. The summed E-state index contributed by atoms with van der Waals surface area (Å²) in [6.45, 7) is 3.15. The van der Waals surface area contributed by atoms with Gasteiger partial charge in [-0.15, -0.1) is 0 Å². The lowest BCUT2D eigenvalue weighted by Gasteiger charge is -2.20. The van der Waals surface area contributed by atoms with E-state index in [4.69, 9.17) is 10.8 Å². The van der Waals surface area contributed by atoms with Gasteiger partial charge in [0.25, 0.3) is 0 Å². The van der Waals surface area contributed by atoms with Crippen molar-refractivity contribution in [2.45, 2.75) is 30.7 Å². The van der Waals surface area contributed by atoms with Crippen molar-refractivity contribution >= 4 is 16.0 Å². The Kier molecular flexibility index (Phi) is 3.39. The Hall–Kier alpha value is -1.45. The first-order chi connectivity index (χ1) is 9.09. The molecule has 1 aliphatic heterocycles. The van der Waals surface area contributed by atoms with Crippen LogP contribution < -0.4 is 5.73 Å². The van der Waals surface area contributed by atoms with Gasteiger partial charge in [0.1, 0.15) is 10.4 Å². The molecule has 20 heavy (non-hydrogen) atoms. The van der Waals surface area contributed by atoms with E-state index in [1.807, 2.05) is 0 Å². The van der Waals surface area contributed by atoms with Crippen LogP contribution in [-0.2, 0) is 21.9 Å². The Morgan fingerprint density at radius 3 is 2.45 bits per heavy atom. The molecule has 1 aromatic heterocycles. The molecule has 0 aliphatic carbocycles. The largest absolute Gasteiger partial charge is 0.480 e. The number of carboxylic acids is 1. The molecule has 3 N–H and O–H groups in total. The van der Waals surface area contributed by atoms with Gasteiger partial charge in [-0.1, -0.05) is 0 Å². The molecule has 112 valence electrons. The van der Waals surface area contributed by atoms with Crippen molar-refractivity contribution in [3.8, 4) is 0 Å². The summed E-state index contributed by atoms with van der Waals surface area (Å²) in [5.41, 5.74) is 5.12. The maximum Gasteiger partial charge on any atom is 0.325 e. The number of nitrogens with zero attached hydrogens (tertiary/aromatic N) is 3. The predicted octanol–water partition coefficient (Wildman–Crippen LogP) is -0.787. The summed E-state index contributed by atoms with van der Waals surface area (Å²) in [4.78, 5) is 11.2. The Morgan fingerprint density at radius 1 is 1.45 bits per heavy atom. The molecule has 1 aromatic rings. The van der Waals surface area contributed by atoms with Crippen LogP contribution in [0.5, 0.6) is 0 Å². The van der Waals surface area contributed by atoms with Gasteiger partial charge in [-0.25, -0.2) is 8.42 Å². The molecule has 0 saturated carbocycles. The molecule has 0 spiro atoms. The molecular formula is C11H18N4O4S. The zero-order chi connectivity index (χ0) is 15.3. The molecule has 1 unspecified atom stereocenters. The number of sulfonamides is 1. The highest BCUT2D eigenvalue weighted by Crippen LogP contribution is 2.29. The van der Waals surface area contributed by atoms with Gasteiger partial charge in [0.15, 0.2) is 0 Å². The highest BCUT2D eigenvalue weighted by atomic mass is 32.2. The van der Waals surface area contributed by atoms with Crippen molar-refractivity contribution in [3.63, 3.8) is 0 Å². The molecule has 8 nitrogen and oxygen atoms in total. The monoisotopic (exact) mass is 302 g/mol. The van der Waals surface area contributed by atoms with Gasteiger partial charge in [0.2, 0.25) is 10.0 Å². The summed E-state index contributed by atoms with van der Waals surface area (Å²) in [6, 6.07) is 0. The van der Waals surface area contributed by atoms with Crippen LogP contribution in [0.15, 0.2) is 4.90 Å². The van der Waals surface area contributed by atoms with Crippen molar-refractivity contribution in [1.82, 2.24) is 14.1 Å². The van der Waals surface area contributed by atoms with E-state index in [1.165, 1.54) is 4.68 Å². The Labute approximate surface area is 117 Å². The smallest absolute Gasteiger partial charge is 0.325 e. The number of hydrogen-bond donors (Lipinski definition) is 2. The van der Waals surface area contributed by atoms with Crippen molar-refractivity contribution in [2.24, 2.45) is 12.8 Å². The molecule has 9 heteroatoms. The Bertz CT molecular complexity index is 666. The normalized spacial score (nSPS) is 24.2. The van der Waals surface area contributed by atoms with E-state index in [1.54, 1.807) is 20.9 Å². The van der Waals surface area contributed by atoms with E-state index in [2.05, 4.69) is 5.10 Å². The lowest BCUT2D eigenvalue weighted by molar-refractivity contribution is -0.142. The van der Waals surface area contributed by atoms with Crippen molar-refractivity contribution < 1.29 is 18.3 Å². The zero-order valence-electron chi connectivity index (χ0n) is 11.6. The molecule has 0 bridgehead atoms. The Morgan fingerprint density at radius 2 is 2.05 bits per heavy atom. The second kappa shape index (κ2) is 4.54. The molecule has 0 aromatic carbocycles. The average Bonchev–Trinajstić information content (AvgIpc) is 2.83. The van der Waals surface area contributed by atoms with Crippen molar-refractivity contribution in [3.05, 3.63) is 11.4 Å². The minimum absolute atomic E-state index is 0.0961. The maximum absolute atomic E-state index is 12.6. The first-order valence-corrected chi connectivity index (χ1v) is 7.56. The van der Waals surface area contributed by atoms with Crippen LogP contribution in [-0.4, -0.2) is 52.2 Å². The summed E-state index contributed by atoms with van der Waals surface area (Å²) in [7, 11) is -2.11. The van der Waals surface area contributed by atoms with Crippen LogP contribution >= 0.6 is 0 Å². The van der Waals surface area contributed by atoms with Crippen LogP contribution in [0, 0.1) is 13.8 Å². The third-order valence-electron chi connectivity index (χ3n) is 3.73. The highest BCUT2D eigenvalue weighted by Gasteiger charge is 2.46. The number of hydrogen-bond acceptors (Lipinski definition) is 5. The molecule has 0 radical (unpaired) electrons. The van der Waals surface area contributed by atoms with E-state index in [0.29, 0.717) is 11.4 Å². The molecule has 2 rings (SSSR count). The summed E-state index contributed by atoms with van der Waals surface area (Å²) in [6.07, 6.45) is 0.0971. The lowest BCUT2D eigenvalue weighted by Crippen LogP contribution is -2.50. The Balaban J connectivity index is 2.41. The van der Waals surface area contributed by atoms with E-state index >= 15 is 0 Å². The van der Waals surface area contributed by atoms with Crippen molar-refractivity contribution in [1.29, 1.82) is 0 Å². The number of rotatable bonds is 3.